The number of hydrogen-bond acceptors (Lipinski definition) is 3. The summed E-state index contributed by atoms with van der Waals surface area (Å²) >= 11 is 0. The molecule has 1 aromatic rings. The summed E-state index contributed by atoms with van der Waals surface area (Å²) in [6.45, 7) is 4.32. The predicted octanol–water partition coefficient (Wildman–Crippen LogP) is 2.39. The zero-order valence-electron chi connectivity index (χ0n) is 14.2. The van der Waals surface area contributed by atoms with E-state index in [0.29, 0.717) is 12.6 Å². The molecule has 6 heteroatoms. The van der Waals surface area contributed by atoms with Crippen molar-refractivity contribution in [3.8, 4) is 0 Å². The Labute approximate surface area is 142 Å². The number of amides is 2. The van der Waals surface area contributed by atoms with Crippen molar-refractivity contribution in [2.75, 3.05) is 39.8 Å². The predicted molar refractivity (Wildman–Crippen MR) is 90.3 cm³/mol. The highest BCUT2D eigenvalue weighted by Crippen LogP contribution is 2.21. The zero-order chi connectivity index (χ0) is 16.9. The normalized spacial score (nSPS) is 22.8. The summed E-state index contributed by atoms with van der Waals surface area (Å²) in [7, 11) is 1.60. The standard InChI is InChI=1S/C18H26FN3O2/c1-24-17(14-4-6-15(19)7-5-14)12-20-18(23)22-11-8-16(13-22)21-9-2-3-10-21/h4-7,16-17H,2-3,8-13H2,1H3,(H,20,23)/t16-,17-/m0/s1. The summed E-state index contributed by atoms with van der Waals surface area (Å²) < 4.78 is 18.4. The summed E-state index contributed by atoms with van der Waals surface area (Å²) in [6.07, 6.45) is 3.33. The van der Waals surface area contributed by atoms with Crippen LogP contribution in [0.15, 0.2) is 24.3 Å². The van der Waals surface area contributed by atoms with Crippen LogP contribution < -0.4 is 5.32 Å². The second-order valence-electron chi connectivity index (χ2n) is 6.59. The lowest BCUT2D eigenvalue weighted by molar-refractivity contribution is 0.102. The van der Waals surface area contributed by atoms with Gasteiger partial charge in [-0.3, -0.25) is 4.90 Å². The van der Waals surface area contributed by atoms with Crippen LogP contribution in [0.5, 0.6) is 0 Å². The lowest BCUT2D eigenvalue weighted by Gasteiger charge is -2.24. The van der Waals surface area contributed by atoms with Crippen molar-refractivity contribution in [1.29, 1.82) is 0 Å². The smallest absolute Gasteiger partial charge is 0.317 e. The van der Waals surface area contributed by atoms with Crippen molar-refractivity contribution >= 4 is 6.03 Å². The number of ether oxygens (including phenoxy) is 1. The van der Waals surface area contributed by atoms with Gasteiger partial charge in [-0.1, -0.05) is 12.1 Å². The minimum atomic E-state index is -0.275. The van der Waals surface area contributed by atoms with Gasteiger partial charge in [0.1, 0.15) is 5.82 Å². The number of likely N-dealkylation sites (tertiary alicyclic amines) is 2. The molecule has 132 valence electrons. The van der Waals surface area contributed by atoms with Crippen LogP contribution in [-0.2, 0) is 4.74 Å². The fourth-order valence-electron chi connectivity index (χ4n) is 3.64. The van der Waals surface area contributed by atoms with Crippen molar-refractivity contribution in [2.45, 2.75) is 31.4 Å². The van der Waals surface area contributed by atoms with Gasteiger partial charge in [0.25, 0.3) is 0 Å². The van der Waals surface area contributed by atoms with E-state index in [1.54, 1.807) is 19.2 Å². The van der Waals surface area contributed by atoms with Crippen LogP contribution in [0.2, 0.25) is 0 Å². The average molecular weight is 335 g/mol. The van der Waals surface area contributed by atoms with E-state index >= 15 is 0 Å². The van der Waals surface area contributed by atoms with Crippen molar-refractivity contribution < 1.29 is 13.9 Å². The van der Waals surface area contributed by atoms with Gasteiger partial charge in [-0.2, -0.15) is 0 Å². The van der Waals surface area contributed by atoms with Gasteiger partial charge in [-0.05, 0) is 50.0 Å². The molecule has 2 fully saturated rings. The molecule has 1 aromatic carbocycles. The van der Waals surface area contributed by atoms with Crippen LogP contribution in [0.3, 0.4) is 0 Å². The molecule has 5 nitrogen and oxygen atoms in total. The molecule has 2 saturated heterocycles. The van der Waals surface area contributed by atoms with Crippen LogP contribution in [0.25, 0.3) is 0 Å². The molecule has 2 heterocycles. The van der Waals surface area contributed by atoms with Crippen LogP contribution in [-0.4, -0.2) is 61.7 Å². The fraction of sp³-hybridized carbons (Fsp3) is 0.611. The van der Waals surface area contributed by atoms with E-state index < -0.39 is 0 Å². The van der Waals surface area contributed by atoms with Crippen LogP contribution >= 0.6 is 0 Å². The summed E-state index contributed by atoms with van der Waals surface area (Å²) in [5.74, 6) is -0.275. The third-order valence-corrected chi connectivity index (χ3v) is 5.07. The number of carbonyl (C=O) groups is 1. The molecule has 2 aliphatic heterocycles. The Bertz CT molecular complexity index is 546. The van der Waals surface area contributed by atoms with Gasteiger partial charge in [0.15, 0.2) is 0 Å². The van der Waals surface area contributed by atoms with Crippen LogP contribution in [0, 0.1) is 5.82 Å². The van der Waals surface area contributed by atoms with Gasteiger partial charge in [-0.15, -0.1) is 0 Å². The molecular weight excluding hydrogens is 309 g/mol. The van der Waals surface area contributed by atoms with Gasteiger partial charge < -0.3 is 15.0 Å². The third kappa shape index (κ3) is 4.05. The number of halogens is 1. The molecule has 0 saturated carbocycles. The Morgan fingerprint density at radius 1 is 1.29 bits per heavy atom. The highest BCUT2D eigenvalue weighted by molar-refractivity contribution is 5.74. The Balaban J connectivity index is 1.48. The number of nitrogens with zero attached hydrogens (tertiary/aromatic N) is 2. The lowest BCUT2D eigenvalue weighted by atomic mass is 10.1. The summed E-state index contributed by atoms with van der Waals surface area (Å²) in [4.78, 5) is 16.8. The van der Waals surface area contributed by atoms with E-state index in [0.717, 1.165) is 38.2 Å². The molecule has 2 amide bonds. The van der Waals surface area contributed by atoms with E-state index in [4.69, 9.17) is 4.74 Å². The molecule has 2 aliphatic rings. The lowest BCUT2D eigenvalue weighted by Crippen LogP contribution is -2.42. The Morgan fingerprint density at radius 2 is 2.00 bits per heavy atom. The Hall–Kier alpha value is -1.66. The Morgan fingerprint density at radius 3 is 2.67 bits per heavy atom. The molecule has 3 rings (SSSR count). The number of carbonyl (C=O) groups excluding carboxylic acids is 1. The second-order valence-corrected chi connectivity index (χ2v) is 6.59. The highest BCUT2D eigenvalue weighted by Gasteiger charge is 2.31. The summed E-state index contributed by atoms with van der Waals surface area (Å²) in [5.41, 5.74) is 0.857. The van der Waals surface area contributed by atoms with Crippen molar-refractivity contribution in [3.05, 3.63) is 35.6 Å². The van der Waals surface area contributed by atoms with Crippen LogP contribution in [0.1, 0.15) is 30.9 Å². The molecule has 0 radical (unpaired) electrons. The zero-order valence-corrected chi connectivity index (χ0v) is 14.2. The van der Waals surface area contributed by atoms with E-state index in [1.807, 2.05) is 4.90 Å². The first-order valence-electron chi connectivity index (χ1n) is 8.72. The van der Waals surface area contributed by atoms with E-state index in [1.165, 1.54) is 25.0 Å². The first kappa shape index (κ1) is 17.2. The van der Waals surface area contributed by atoms with Gasteiger partial charge in [0.05, 0.1) is 6.10 Å². The van der Waals surface area contributed by atoms with Crippen molar-refractivity contribution in [2.24, 2.45) is 0 Å². The summed E-state index contributed by atoms with van der Waals surface area (Å²) in [5, 5.41) is 2.95. The number of nitrogens with one attached hydrogen (secondary N) is 1. The monoisotopic (exact) mass is 335 g/mol. The number of methoxy groups -OCH3 is 1. The van der Waals surface area contributed by atoms with Gasteiger partial charge in [-0.25, -0.2) is 9.18 Å². The average Bonchev–Trinajstić information content (AvgIpc) is 3.28. The second kappa shape index (κ2) is 7.94. The maximum absolute atomic E-state index is 13.0. The highest BCUT2D eigenvalue weighted by atomic mass is 19.1. The molecule has 0 aromatic heterocycles. The number of rotatable bonds is 5. The molecule has 0 bridgehead atoms. The van der Waals surface area contributed by atoms with Gasteiger partial charge in [0, 0.05) is 32.8 Å². The van der Waals surface area contributed by atoms with E-state index in [9.17, 15) is 9.18 Å². The number of benzene rings is 1. The molecule has 2 atom stereocenters. The first-order valence-corrected chi connectivity index (χ1v) is 8.72. The van der Waals surface area contributed by atoms with E-state index in [2.05, 4.69) is 10.2 Å². The minimum Gasteiger partial charge on any atom is -0.375 e. The topological polar surface area (TPSA) is 44.8 Å². The van der Waals surface area contributed by atoms with Crippen molar-refractivity contribution in [3.63, 3.8) is 0 Å². The molecule has 24 heavy (non-hydrogen) atoms. The first-order chi connectivity index (χ1) is 11.7. The number of urea groups is 1. The maximum Gasteiger partial charge on any atom is 0.317 e. The van der Waals surface area contributed by atoms with Gasteiger partial charge in [0.2, 0.25) is 0 Å². The van der Waals surface area contributed by atoms with Crippen LogP contribution in [0.4, 0.5) is 9.18 Å². The Kier molecular flexibility index (Phi) is 5.68. The molecule has 0 aliphatic carbocycles. The maximum atomic E-state index is 13.0. The third-order valence-electron chi connectivity index (χ3n) is 5.07. The molecule has 0 unspecified atom stereocenters. The molecule has 1 N–H and O–H groups in total. The fourth-order valence-corrected chi connectivity index (χ4v) is 3.64. The molecule has 0 spiro atoms. The van der Waals surface area contributed by atoms with Crippen molar-refractivity contribution in [1.82, 2.24) is 15.1 Å². The SMILES string of the molecule is CO[C@@H](CNC(=O)N1CC[C@H](N2CCCC2)C1)c1ccc(F)cc1. The largest absolute Gasteiger partial charge is 0.375 e. The van der Waals surface area contributed by atoms with E-state index in [-0.39, 0.29) is 18.0 Å². The minimum absolute atomic E-state index is 0.0409. The van der Waals surface area contributed by atoms with Gasteiger partial charge >= 0.3 is 6.03 Å². The molecular formula is C18H26FN3O2. The summed E-state index contributed by atoms with van der Waals surface area (Å²) in [6, 6.07) is 6.66. The number of hydrogen-bond donors (Lipinski definition) is 1. The quantitative estimate of drug-likeness (QED) is 0.899.